The van der Waals surface area contributed by atoms with Gasteiger partial charge in [0.25, 0.3) is 0 Å². The number of rotatable bonds is 11. The topological polar surface area (TPSA) is 84.9 Å². The average molecular weight is 507 g/mol. The second-order valence-corrected chi connectivity index (χ2v) is 10.1. The number of hydrogen-bond acceptors (Lipinski definition) is 6. The van der Waals surface area contributed by atoms with E-state index in [0.717, 1.165) is 30.4 Å². The van der Waals surface area contributed by atoms with Crippen LogP contribution in [0, 0.1) is 5.92 Å². The molecular formula is C30H38N2O5. The maximum absolute atomic E-state index is 13.8. The lowest BCUT2D eigenvalue weighted by atomic mass is 10.0. The van der Waals surface area contributed by atoms with E-state index in [9.17, 15) is 14.4 Å². The van der Waals surface area contributed by atoms with E-state index in [0.29, 0.717) is 25.2 Å². The van der Waals surface area contributed by atoms with Crippen molar-refractivity contribution in [2.24, 2.45) is 5.92 Å². The van der Waals surface area contributed by atoms with Crippen LogP contribution in [-0.2, 0) is 36.9 Å². The van der Waals surface area contributed by atoms with Crippen LogP contribution < -0.4 is 5.32 Å². The molecule has 0 spiro atoms. The lowest BCUT2D eigenvalue weighted by Gasteiger charge is -2.32. The number of nitrogens with zero attached hydrogens (tertiary/aromatic N) is 1. The van der Waals surface area contributed by atoms with Crippen LogP contribution in [0.25, 0.3) is 0 Å². The lowest BCUT2D eigenvalue weighted by molar-refractivity contribution is -0.156. The van der Waals surface area contributed by atoms with Gasteiger partial charge >= 0.3 is 11.9 Å². The zero-order chi connectivity index (χ0) is 26.2. The van der Waals surface area contributed by atoms with Crippen LogP contribution in [-0.4, -0.2) is 53.5 Å². The molecule has 7 heteroatoms. The van der Waals surface area contributed by atoms with Crippen LogP contribution in [0.4, 0.5) is 0 Å². The smallest absolute Gasteiger partial charge is 0.329 e. The van der Waals surface area contributed by atoms with Gasteiger partial charge < -0.3 is 14.4 Å². The Morgan fingerprint density at radius 2 is 1.65 bits per heavy atom. The highest BCUT2D eigenvalue weighted by atomic mass is 16.5. The van der Waals surface area contributed by atoms with E-state index < -0.39 is 18.1 Å². The van der Waals surface area contributed by atoms with Crippen LogP contribution in [0.2, 0.25) is 0 Å². The zero-order valence-corrected chi connectivity index (χ0v) is 21.8. The van der Waals surface area contributed by atoms with Crippen LogP contribution in [0.5, 0.6) is 0 Å². The fraction of sp³-hybridized carbons (Fsp3) is 0.500. The van der Waals surface area contributed by atoms with Crippen molar-refractivity contribution >= 4 is 17.8 Å². The summed E-state index contributed by atoms with van der Waals surface area (Å²) in [5.41, 5.74) is 2.03. The lowest BCUT2D eigenvalue weighted by Crippen LogP contribution is -2.55. The molecule has 2 aromatic rings. The number of aryl methyl sites for hydroxylation is 1. The second kappa shape index (κ2) is 12.9. The van der Waals surface area contributed by atoms with E-state index in [1.54, 1.807) is 18.7 Å². The molecule has 0 bridgehead atoms. The maximum Gasteiger partial charge on any atom is 0.329 e. The van der Waals surface area contributed by atoms with Crippen molar-refractivity contribution in [1.82, 2.24) is 10.2 Å². The van der Waals surface area contributed by atoms with Gasteiger partial charge in [0.05, 0.1) is 12.6 Å². The molecule has 1 saturated carbocycles. The summed E-state index contributed by atoms with van der Waals surface area (Å²) in [6, 6.07) is 17.7. The first kappa shape index (κ1) is 26.9. The standard InChI is InChI=1S/C30H38N2O5/c1-3-36-29(34)25(18-17-22-11-6-4-7-12-22)31-21(2)28(33)32-26-16-10-15-24(26)19-27(32)30(35)37-20-23-13-8-5-9-14-23/h4-9,11-14,21,24-27,31H,3,10,15-20H2,1-2H3/t21-,24-,25+,26-,27-/m0/s1. The molecule has 0 unspecified atom stereocenters. The molecule has 1 aliphatic heterocycles. The number of fused-ring (bicyclic) bond motifs is 1. The predicted octanol–water partition coefficient (Wildman–Crippen LogP) is 4.04. The Bertz CT molecular complexity index is 1040. The number of ether oxygens (including phenoxy) is 2. The predicted molar refractivity (Wildman–Crippen MR) is 140 cm³/mol. The third-order valence-corrected chi connectivity index (χ3v) is 7.55. The number of esters is 2. The fourth-order valence-electron chi connectivity index (χ4n) is 5.71. The monoisotopic (exact) mass is 506 g/mol. The molecule has 2 aliphatic rings. The minimum Gasteiger partial charge on any atom is -0.465 e. The quantitative estimate of drug-likeness (QED) is 0.463. The molecule has 1 amide bonds. The Morgan fingerprint density at radius 3 is 2.32 bits per heavy atom. The Hall–Kier alpha value is -3.19. The minimum atomic E-state index is -0.644. The number of carbonyl (C=O) groups is 3. The van der Waals surface area contributed by atoms with Crippen LogP contribution in [0.15, 0.2) is 60.7 Å². The molecule has 5 atom stereocenters. The molecule has 0 radical (unpaired) electrons. The van der Waals surface area contributed by atoms with E-state index in [1.807, 2.05) is 60.7 Å². The van der Waals surface area contributed by atoms with Gasteiger partial charge in [0, 0.05) is 6.04 Å². The molecule has 37 heavy (non-hydrogen) atoms. The van der Waals surface area contributed by atoms with Crippen LogP contribution >= 0.6 is 0 Å². The summed E-state index contributed by atoms with van der Waals surface area (Å²) in [4.78, 5) is 41.4. The maximum atomic E-state index is 13.8. The Labute approximate surface area is 219 Å². The Kier molecular flexibility index (Phi) is 9.34. The van der Waals surface area contributed by atoms with Gasteiger partial charge in [-0.25, -0.2) is 4.79 Å². The van der Waals surface area contributed by atoms with Gasteiger partial charge in [-0.15, -0.1) is 0 Å². The van der Waals surface area contributed by atoms with Crippen LogP contribution in [0.1, 0.15) is 57.1 Å². The molecule has 2 fully saturated rings. The molecule has 7 nitrogen and oxygen atoms in total. The normalized spacial score (nSPS) is 22.2. The average Bonchev–Trinajstić information content (AvgIpc) is 3.52. The summed E-state index contributed by atoms with van der Waals surface area (Å²) in [5, 5.41) is 3.23. The first-order valence-corrected chi connectivity index (χ1v) is 13.5. The van der Waals surface area contributed by atoms with Gasteiger partial charge in [-0.3, -0.25) is 14.9 Å². The summed E-state index contributed by atoms with van der Waals surface area (Å²) in [5.74, 6) is -0.573. The number of nitrogens with one attached hydrogen (secondary N) is 1. The molecule has 0 aromatic heterocycles. The van der Waals surface area contributed by atoms with Gasteiger partial charge in [0.2, 0.25) is 5.91 Å². The van der Waals surface area contributed by atoms with Gasteiger partial charge in [0.15, 0.2) is 0 Å². The molecule has 2 aromatic carbocycles. The largest absolute Gasteiger partial charge is 0.465 e. The first-order valence-electron chi connectivity index (χ1n) is 13.5. The Morgan fingerprint density at radius 1 is 0.973 bits per heavy atom. The molecule has 4 rings (SSSR count). The van der Waals surface area contributed by atoms with Gasteiger partial charge in [0.1, 0.15) is 18.7 Å². The van der Waals surface area contributed by atoms with Gasteiger partial charge in [-0.05, 0) is 63.0 Å². The van der Waals surface area contributed by atoms with Gasteiger partial charge in [-0.1, -0.05) is 67.1 Å². The first-order chi connectivity index (χ1) is 18.0. The third-order valence-electron chi connectivity index (χ3n) is 7.55. The summed E-state index contributed by atoms with van der Waals surface area (Å²) in [6.45, 7) is 4.00. The summed E-state index contributed by atoms with van der Waals surface area (Å²) < 4.78 is 10.9. The van der Waals surface area contributed by atoms with E-state index in [2.05, 4.69) is 5.32 Å². The SMILES string of the molecule is CCOC(=O)[C@@H](CCc1ccccc1)N[C@@H](C)C(=O)N1[C@H](C(=O)OCc2ccccc2)C[C@@H]2CCC[C@@H]21. The molecule has 1 heterocycles. The van der Waals surface area contributed by atoms with Crippen molar-refractivity contribution in [2.75, 3.05) is 6.61 Å². The molecular weight excluding hydrogens is 468 g/mol. The second-order valence-electron chi connectivity index (χ2n) is 10.1. The van der Waals surface area contributed by atoms with E-state index >= 15 is 0 Å². The molecule has 1 saturated heterocycles. The summed E-state index contributed by atoms with van der Waals surface area (Å²) in [7, 11) is 0. The van der Waals surface area contributed by atoms with Crippen molar-refractivity contribution in [1.29, 1.82) is 0 Å². The third kappa shape index (κ3) is 6.77. The van der Waals surface area contributed by atoms with Crippen molar-refractivity contribution in [2.45, 2.75) is 83.1 Å². The van der Waals surface area contributed by atoms with Crippen molar-refractivity contribution < 1.29 is 23.9 Å². The summed E-state index contributed by atoms with van der Waals surface area (Å²) >= 11 is 0. The highest BCUT2D eigenvalue weighted by Gasteiger charge is 2.50. The Balaban J connectivity index is 1.43. The fourth-order valence-corrected chi connectivity index (χ4v) is 5.71. The van der Waals surface area contributed by atoms with E-state index in [-0.39, 0.29) is 37.1 Å². The zero-order valence-electron chi connectivity index (χ0n) is 21.8. The number of hydrogen-bond donors (Lipinski definition) is 1. The number of amides is 1. The minimum absolute atomic E-state index is 0.0383. The highest BCUT2D eigenvalue weighted by molar-refractivity contribution is 5.89. The molecule has 1 N–H and O–H groups in total. The molecule has 1 aliphatic carbocycles. The molecule has 198 valence electrons. The van der Waals surface area contributed by atoms with Gasteiger partial charge in [-0.2, -0.15) is 0 Å². The van der Waals surface area contributed by atoms with Crippen molar-refractivity contribution in [3.63, 3.8) is 0 Å². The number of likely N-dealkylation sites (tertiary alicyclic amines) is 1. The van der Waals surface area contributed by atoms with Crippen molar-refractivity contribution in [3.05, 3.63) is 71.8 Å². The van der Waals surface area contributed by atoms with E-state index in [4.69, 9.17) is 9.47 Å². The summed E-state index contributed by atoms with van der Waals surface area (Å²) in [6.07, 6.45) is 4.78. The highest BCUT2D eigenvalue weighted by Crippen LogP contribution is 2.42. The number of benzene rings is 2. The van der Waals surface area contributed by atoms with E-state index in [1.165, 1.54) is 0 Å². The van der Waals surface area contributed by atoms with Crippen molar-refractivity contribution in [3.8, 4) is 0 Å². The number of carbonyl (C=O) groups excluding carboxylic acids is 3. The van der Waals surface area contributed by atoms with Crippen LogP contribution in [0.3, 0.4) is 0 Å².